The summed E-state index contributed by atoms with van der Waals surface area (Å²) >= 11 is 3.48. The number of halogens is 1. The fraction of sp³-hybridized carbons (Fsp3) is 0. The minimum atomic E-state index is 0.251. The third-order valence-corrected chi connectivity index (χ3v) is 3.09. The van der Waals surface area contributed by atoms with Gasteiger partial charge in [0.15, 0.2) is 0 Å². The second-order valence-corrected chi connectivity index (χ2v) is 4.25. The van der Waals surface area contributed by atoms with E-state index < -0.39 is 0 Å². The number of hydrogen-bond acceptors (Lipinski definition) is 2. The molecular formula is C12H7BrO2. The third-order valence-electron chi connectivity index (χ3n) is 2.43. The average molecular weight is 263 g/mol. The molecule has 3 rings (SSSR count). The van der Waals surface area contributed by atoms with Gasteiger partial charge in [0.1, 0.15) is 16.9 Å². The largest absolute Gasteiger partial charge is 0.508 e. The van der Waals surface area contributed by atoms with Crippen LogP contribution >= 0.6 is 15.9 Å². The Morgan fingerprint density at radius 2 is 1.93 bits per heavy atom. The van der Waals surface area contributed by atoms with Gasteiger partial charge in [0.2, 0.25) is 0 Å². The lowest BCUT2D eigenvalue weighted by atomic mass is 10.1. The predicted octanol–water partition coefficient (Wildman–Crippen LogP) is 4.05. The van der Waals surface area contributed by atoms with E-state index in [2.05, 4.69) is 15.9 Å². The van der Waals surface area contributed by atoms with Crippen molar-refractivity contribution in [2.75, 3.05) is 0 Å². The van der Waals surface area contributed by atoms with Gasteiger partial charge in [-0.05, 0) is 30.3 Å². The van der Waals surface area contributed by atoms with Crippen molar-refractivity contribution in [2.24, 2.45) is 0 Å². The first kappa shape index (κ1) is 8.80. The summed E-state index contributed by atoms with van der Waals surface area (Å²) in [7, 11) is 0. The second-order valence-electron chi connectivity index (χ2n) is 3.40. The molecule has 0 bridgehead atoms. The fourth-order valence-corrected chi connectivity index (χ4v) is 2.33. The van der Waals surface area contributed by atoms with E-state index in [-0.39, 0.29) is 5.75 Å². The van der Waals surface area contributed by atoms with Crippen molar-refractivity contribution < 1.29 is 9.52 Å². The average Bonchev–Trinajstić information content (AvgIpc) is 2.57. The van der Waals surface area contributed by atoms with Crippen LogP contribution in [0.1, 0.15) is 0 Å². The van der Waals surface area contributed by atoms with E-state index in [4.69, 9.17) is 4.42 Å². The molecule has 0 fully saturated rings. The van der Waals surface area contributed by atoms with E-state index in [0.717, 1.165) is 26.4 Å². The predicted molar refractivity (Wildman–Crippen MR) is 63.1 cm³/mol. The Labute approximate surface area is 94.3 Å². The summed E-state index contributed by atoms with van der Waals surface area (Å²) in [4.78, 5) is 0. The molecule has 2 nitrogen and oxygen atoms in total. The zero-order valence-corrected chi connectivity index (χ0v) is 9.28. The summed E-state index contributed by atoms with van der Waals surface area (Å²) in [6.07, 6.45) is 0. The van der Waals surface area contributed by atoms with Crippen LogP contribution in [0.4, 0.5) is 0 Å². The molecule has 74 valence electrons. The van der Waals surface area contributed by atoms with Crippen molar-refractivity contribution in [3.8, 4) is 5.75 Å². The maximum atomic E-state index is 9.44. The summed E-state index contributed by atoms with van der Waals surface area (Å²) in [5.41, 5.74) is 1.61. The molecule has 2 aromatic carbocycles. The van der Waals surface area contributed by atoms with Crippen molar-refractivity contribution in [3.05, 3.63) is 40.9 Å². The topological polar surface area (TPSA) is 33.4 Å². The summed E-state index contributed by atoms with van der Waals surface area (Å²) in [5.74, 6) is 0.251. The number of phenolic OH excluding ortho intramolecular Hbond substituents is 1. The molecule has 0 saturated heterocycles. The van der Waals surface area contributed by atoms with Gasteiger partial charge in [0, 0.05) is 15.2 Å². The van der Waals surface area contributed by atoms with Crippen LogP contribution in [-0.2, 0) is 0 Å². The molecule has 3 aromatic rings. The van der Waals surface area contributed by atoms with Crippen LogP contribution < -0.4 is 0 Å². The Bertz CT molecular complexity index is 655. The lowest BCUT2D eigenvalue weighted by molar-refractivity contribution is 0.476. The summed E-state index contributed by atoms with van der Waals surface area (Å²) in [5, 5.41) is 11.4. The Balaban J connectivity index is 2.61. The fourth-order valence-electron chi connectivity index (χ4n) is 1.77. The highest BCUT2D eigenvalue weighted by atomic mass is 79.9. The van der Waals surface area contributed by atoms with Crippen molar-refractivity contribution >= 4 is 37.9 Å². The van der Waals surface area contributed by atoms with Crippen molar-refractivity contribution in [1.82, 2.24) is 0 Å². The molecule has 3 heteroatoms. The molecule has 0 aliphatic rings. The van der Waals surface area contributed by atoms with E-state index in [0.29, 0.717) is 0 Å². The summed E-state index contributed by atoms with van der Waals surface area (Å²) in [6.45, 7) is 0. The minimum Gasteiger partial charge on any atom is -0.508 e. The SMILES string of the molecule is Oc1ccc2oc3cccc(Br)c3c2c1. The first-order valence-corrected chi connectivity index (χ1v) is 5.35. The van der Waals surface area contributed by atoms with E-state index >= 15 is 0 Å². The molecule has 0 atom stereocenters. The van der Waals surface area contributed by atoms with Gasteiger partial charge in [0.25, 0.3) is 0 Å². The standard InChI is InChI=1S/C12H7BrO2/c13-9-2-1-3-11-12(9)8-6-7(14)4-5-10(8)15-11/h1-6,14H. The van der Waals surface area contributed by atoms with Crippen LogP contribution in [-0.4, -0.2) is 5.11 Å². The Hall–Kier alpha value is -1.48. The van der Waals surface area contributed by atoms with Crippen LogP contribution in [0.3, 0.4) is 0 Å². The van der Waals surface area contributed by atoms with Crippen LogP contribution in [0.15, 0.2) is 45.3 Å². The normalized spacial score (nSPS) is 11.3. The van der Waals surface area contributed by atoms with Gasteiger partial charge in [-0.1, -0.05) is 22.0 Å². The molecule has 0 unspecified atom stereocenters. The monoisotopic (exact) mass is 262 g/mol. The number of fused-ring (bicyclic) bond motifs is 3. The van der Waals surface area contributed by atoms with Crippen LogP contribution in [0.25, 0.3) is 21.9 Å². The number of phenols is 1. The van der Waals surface area contributed by atoms with Crippen molar-refractivity contribution in [3.63, 3.8) is 0 Å². The summed E-state index contributed by atoms with van der Waals surface area (Å²) < 4.78 is 6.62. The van der Waals surface area contributed by atoms with Crippen LogP contribution in [0, 0.1) is 0 Å². The first-order valence-electron chi connectivity index (χ1n) is 4.55. The smallest absolute Gasteiger partial charge is 0.136 e. The Kier molecular flexibility index (Phi) is 1.76. The van der Waals surface area contributed by atoms with Gasteiger partial charge in [-0.15, -0.1) is 0 Å². The van der Waals surface area contributed by atoms with Gasteiger partial charge in [-0.25, -0.2) is 0 Å². The van der Waals surface area contributed by atoms with Crippen LogP contribution in [0.2, 0.25) is 0 Å². The van der Waals surface area contributed by atoms with E-state index in [9.17, 15) is 5.11 Å². The first-order chi connectivity index (χ1) is 7.25. The number of furan rings is 1. The highest BCUT2D eigenvalue weighted by Crippen LogP contribution is 2.35. The maximum Gasteiger partial charge on any atom is 0.136 e. The third kappa shape index (κ3) is 1.23. The molecular weight excluding hydrogens is 256 g/mol. The lowest BCUT2D eigenvalue weighted by Crippen LogP contribution is -1.69. The van der Waals surface area contributed by atoms with E-state index in [1.54, 1.807) is 18.2 Å². The lowest BCUT2D eigenvalue weighted by Gasteiger charge is -1.93. The number of hydrogen-bond donors (Lipinski definition) is 1. The molecule has 0 saturated carbocycles. The van der Waals surface area contributed by atoms with Gasteiger partial charge in [0.05, 0.1) is 0 Å². The molecule has 0 aliphatic carbocycles. The van der Waals surface area contributed by atoms with E-state index in [1.165, 1.54) is 0 Å². The highest BCUT2D eigenvalue weighted by Gasteiger charge is 2.09. The molecule has 1 aromatic heterocycles. The van der Waals surface area contributed by atoms with E-state index in [1.807, 2.05) is 18.2 Å². The van der Waals surface area contributed by atoms with Crippen molar-refractivity contribution in [2.45, 2.75) is 0 Å². The molecule has 15 heavy (non-hydrogen) atoms. The van der Waals surface area contributed by atoms with Gasteiger partial charge in [-0.3, -0.25) is 0 Å². The number of aromatic hydroxyl groups is 1. The second kappa shape index (κ2) is 3.00. The maximum absolute atomic E-state index is 9.44. The molecule has 0 spiro atoms. The molecule has 1 heterocycles. The van der Waals surface area contributed by atoms with Crippen molar-refractivity contribution in [1.29, 1.82) is 0 Å². The zero-order valence-electron chi connectivity index (χ0n) is 7.70. The Morgan fingerprint density at radius 3 is 2.80 bits per heavy atom. The van der Waals surface area contributed by atoms with Gasteiger partial charge >= 0.3 is 0 Å². The highest BCUT2D eigenvalue weighted by molar-refractivity contribution is 9.10. The van der Waals surface area contributed by atoms with Crippen LogP contribution in [0.5, 0.6) is 5.75 Å². The number of rotatable bonds is 0. The van der Waals surface area contributed by atoms with Gasteiger partial charge < -0.3 is 9.52 Å². The van der Waals surface area contributed by atoms with Gasteiger partial charge in [-0.2, -0.15) is 0 Å². The molecule has 0 aliphatic heterocycles. The molecule has 0 amide bonds. The zero-order chi connectivity index (χ0) is 10.4. The summed E-state index contributed by atoms with van der Waals surface area (Å²) in [6, 6.07) is 10.9. The Morgan fingerprint density at radius 1 is 1.07 bits per heavy atom. The quantitative estimate of drug-likeness (QED) is 0.663. The molecule has 0 radical (unpaired) electrons. The minimum absolute atomic E-state index is 0.251. The molecule has 1 N–H and O–H groups in total. The number of benzene rings is 2.